The van der Waals surface area contributed by atoms with Crippen molar-refractivity contribution in [3.05, 3.63) is 30.3 Å². The molecule has 0 aliphatic rings. The third kappa shape index (κ3) is 3.87. The quantitative estimate of drug-likeness (QED) is 0.737. The number of hydrogen-bond donors (Lipinski definition) is 1. The van der Waals surface area contributed by atoms with Crippen LogP contribution in [0.2, 0.25) is 0 Å². The van der Waals surface area contributed by atoms with E-state index in [0.29, 0.717) is 15.7 Å². The molecule has 2 rings (SSSR count). The topological polar surface area (TPSA) is 68.3 Å². The largest absolute Gasteiger partial charge is 0.469 e. The second-order valence-electron chi connectivity index (χ2n) is 3.58. The van der Waals surface area contributed by atoms with Crippen LogP contribution in [0.4, 0.5) is 5.13 Å². The molecule has 0 spiro atoms. The highest BCUT2D eigenvalue weighted by molar-refractivity contribution is 9.13. The number of rotatable bonds is 4. The molecule has 0 radical (unpaired) electrons. The average Bonchev–Trinajstić information content (AvgIpc) is 2.97. The summed E-state index contributed by atoms with van der Waals surface area (Å²) < 4.78 is 6.25. The molecule has 9 heteroatoms. The monoisotopic (exact) mass is 438 g/mol. The van der Waals surface area contributed by atoms with Crippen molar-refractivity contribution in [3.8, 4) is 0 Å². The molecule has 0 fully saturated rings. The minimum Gasteiger partial charge on any atom is -0.469 e. The van der Waals surface area contributed by atoms with Crippen LogP contribution in [0.3, 0.4) is 0 Å². The van der Waals surface area contributed by atoms with Crippen LogP contribution in [0, 0.1) is 0 Å². The highest BCUT2D eigenvalue weighted by Crippen LogP contribution is 2.32. The Morgan fingerprint density at radius 3 is 2.80 bits per heavy atom. The maximum absolute atomic E-state index is 12.0. The van der Waals surface area contributed by atoms with E-state index in [9.17, 15) is 9.59 Å². The molecule has 20 heavy (non-hydrogen) atoms. The molecular formula is C11H8Br2N2O3S2. The minimum atomic E-state index is -0.362. The van der Waals surface area contributed by atoms with Gasteiger partial charge in [-0.05, 0) is 37.9 Å². The van der Waals surface area contributed by atoms with Gasteiger partial charge in [-0.25, -0.2) is 4.98 Å². The van der Waals surface area contributed by atoms with E-state index >= 15 is 0 Å². The van der Waals surface area contributed by atoms with Crippen LogP contribution in [0.15, 0.2) is 19.7 Å². The summed E-state index contributed by atoms with van der Waals surface area (Å²) in [5.41, 5.74) is 0.575. The zero-order valence-electron chi connectivity index (χ0n) is 10.1. The van der Waals surface area contributed by atoms with Crippen molar-refractivity contribution in [2.24, 2.45) is 0 Å². The number of nitrogens with zero attached hydrogens (tertiary/aromatic N) is 1. The summed E-state index contributed by atoms with van der Waals surface area (Å²) in [4.78, 5) is 27.8. The van der Waals surface area contributed by atoms with E-state index in [1.54, 1.807) is 11.4 Å². The number of methoxy groups -OCH3 is 1. The number of hydrogen-bond acceptors (Lipinski definition) is 6. The first-order valence-corrected chi connectivity index (χ1v) is 8.55. The van der Waals surface area contributed by atoms with Gasteiger partial charge in [-0.1, -0.05) is 0 Å². The number of amides is 1. The molecule has 0 saturated heterocycles. The van der Waals surface area contributed by atoms with Crippen LogP contribution >= 0.6 is 54.5 Å². The Labute approximate surface area is 139 Å². The number of thiophene rings is 1. The second kappa shape index (κ2) is 6.79. The van der Waals surface area contributed by atoms with Crippen LogP contribution in [-0.4, -0.2) is 24.0 Å². The molecule has 0 saturated carbocycles. The highest BCUT2D eigenvalue weighted by Gasteiger charge is 2.14. The van der Waals surface area contributed by atoms with Crippen molar-refractivity contribution >= 4 is 71.5 Å². The molecule has 0 bridgehead atoms. The lowest BCUT2D eigenvalue weighted by Gasteiger charge is -1.98. The van der Waals surface area contributed by atoms with Crippen molar-refractivity contribution in [3.63, 3.8) is 0 Å². The Kier molecular flexibility index (Phi) is 5.30. The number of anilines is 1. The number of nitrogens with one attached hydrogen (secondary N) is 1. The first-order valence-electron chi connectivity index (χ1n) is 5.27. The van der Waals surface area contributed by atoms with E-state index < -0.39 is 0 Å². The molecule has 2 aromatic heterocycles. The molecule has 2 heterocycles. The molecule has 0 aliphatic carbocycles. The Balaban J connectivity index is 2.03. The summed E-state index contributed by atoms with van der Waals surface area (Å²) >= 11 is 9.25. The molecule has 2 aromatic rings. The van der Waals surface area contributed by atoms with E-state index in [1.165, 1.54) is 29.8 Å². The standard InChI is InChI=1S/C11H8Br2N2O3S2/c1-18-8(16)2-5-4-19-11(14-5)15-10(17)7-3-6(12)9(13)20-7/h3-4H,2H2,1H3,(H,14,15,17). The second-order valence-corrected chi connectivity index (χ2v) is 7.67. The SMILES string of the molecule is COC(=O)Cc1csc(NC(=O)c2cc(Br)c(Br)s2)n1. The van der Waals surface area contributed by atoms with Crippen molar-refractivity contribution in [2.45, 2.75) is 6.42 Å². The van der Waals surface area contributed by atoms with Crippen molar-refractivity contribution in [1.82, 2.24) is 4.98 Å². The summed E-state index contributed by atoms with van der Waals surface area (Å²) in [5.74, 6) is -0.598. The normalized spacial score (nSPS) is 10.3. The fourth-order valence-corrected chi connectivity index (χ4v) is 3.92. The molecule has 5 nitrogen and oxygen atoms in total. The maximum Gasteiger partial charge on any atom is 0.311 e. The predicted octanol–water partition coefficient (Wildman–Crippen LogP) is 3.70. The van der Waals surface area contributed by atoms with Crippen LogP contribution < -0.4 is 5.32 Å². The fourth-order valence-electron chi connectivity index (χ4n) is 1.28. The average molecular weight is 440 g/mol. The Hall–Kier alpha value is -0.770. The Morgan fingerprint density at radius 2 is 2.20 bits per heavy atom. The van der Waals surface area contributed by atoms with Gasteiger partial charge >= 0.3 is 5.97 Å². The number of ether oxygens (including phenoxy) is 1. The van der Waals surface area contributed by atoms with Gasteiger partial charge in [0.25, 0.3) is 5.91 Å². The van der Waals surface area contributed by atoms with Gasteiger partial charge in [0.1, 0.15) is 0 Å². The van der Waals surface area contributed by atoms with Crippen molar-refractivity contribution in [2.75, 3.05) is 12.4 Å². The smallest absolute Gasteiger partial charge is 0.311 e. The van der Waals surface area contributed by atoms with Gasteiger partial charge in [0.2, 0.25) is 0 Å². The van der Waals surface area contributed by atoms with Crippen molar-refractivity contribution < 1.29 is 14.3 Å². The Bertz CT molecular complexity index is 634. The van der Waals surface area contributed by atoms with E-state index in [1.807, 2.05) is 0 Å². The van der Waals surface area contributed by atoms with Crippen LogP contribution in [-0.2, 0) is 16.0 Å². The van der Waals surface area contributed by atoms with Gasteiger partial charge < -0.3 is 4.74 Å². The third-order valence-electron chi connectivity index (χ3n) is 2.19. The lowest BCUT2D eigenvalue weighted by atomic mass is 10.3. The fraction of sp³-hybridized carbons (Fsp3) is 0.182. The highest BCUT2D eigenvalue weighted by atomic mass is 79.9. The van der Waals surface area contributed by atoms with Gasteiger partial charge in [-0.3, -0.25) is 14.9 Å². The van der Waals surface area contributed by atoms with Gasteiger partial charge in [-0.15, -0.1) is 22.7 Å². The lowest BCUT2D eigenvalue weighted by Crippen LogP contribution is -2.10. The van der Waals surface area contributed by atoms with Crippen LogP contribution in [0.25, 0.3) is 0 Å². The zero-order valence-corrected chi connectivity index (χ0v) is 14.9. The Morgan fingerprint density at radius 1 is 1.45 bits per heavy atom. The van der Waals surface area contributed by atoms with Gasteiger partial charge in [-0.2, -0.15) is 0 Å². The van der Waals surface area contributed by atoms with Crippen LogP contribution in [0.5, 0.6) is 0 Å². The molecule has 1 N–H and O–H groups in total. The zero-order chi connectivity index (χ0) is 14.7. The number of carbonyl (C=O) groups excluding carboxylic acids is 2. The van der Waals surface area contributed by atoms with E-state index in [-0.39, 0.29) is 18.3 Å². The minimum absolute atomic E-state index is 0.0962. The molecular weight excluding hydrogens is 432 g/mol. The summed E-state index contributed by atoms with van der Waals surface area (Å²) in [6.07, 6.45) is 0.0962. The number of aromatic nitrogens is 1. The molecule has 106 valence electrons. The maximum atomic E-state index is 12.0. The van der Waals surface area contributed by atoms with E-state index in [4.69, 9.17) is 0 Å². The lowest BCUT2D eigenvalue weighted by molar-refractivity contribution is -0.139. The molecule has 0 aliphatic heterocycles. The van der Waals surface area contributed by atoms with Crippen LogP contribution in [0.1, 0.15) is 15.4 Å². The molecule has 0 aromatic carbocycles. The van der Waals surface area contributed by atoms with E-state index in [2.05, 4.69) is 46.9 Å². The summed E-state index contributed by atoms with van der Waals surface area (Å²) in [6, 6.07) is 1.73. The predicted molar refractivity (Wildman–Crippen MR) is 85.5 cm³/mol. The number of thiazole rings is 1. The first-order chi connectivity index (χ1) is 9.49. The number of esters is 1. The molecule has 0 atom stereocenters. The van der Waals surface area contributed by atoms with Gasteiger partial charge in [0, 0.05) is 9.85 Å². The summed E-state index contributed by atoms with van der Waals surface area (Å²) in [7, 11) is 1.32. The number of halogens is 2. The summed E-state index contributed by atoms with van der Waals surface area (Å²) in [6.45, 7) is 0. The molecule has 1 amide bonds. The third-order valence-corrected chi connectivity index (χ3v) is 6.26. The van der Waals surface area contributed by atoms with Crippen molar-refractivity contribution in [1.29, 1.82) is 0 Å². The van der Waals surface area contributed by atoms with Gasteiger partial charge in [0.05, 0.1) is 27.9 Å². The molecule has 0 unspecified atom stereocenters. The first kappa shape index (κ1) is 15.6. The summed E-state index contributed by atoms with van der Waals surface area (Å²) in [5, 5.41) is 4.86. The van der Waals surface area contributed by atoms with Gasteiger partial charge in [0.15, 0.2) is 5.13 Å². The van der Waals surface area contributed by atoms with E-state index in [0.717, 1.165) is 8.26 Å². The number of carbonyl (C=O) groups is 2.